The first kappa shape index (κ1) is 15.6. The van der Waals surface area contributed by atoms with Crippen LogP contribution < -0.4 is 0 Å². The van der Waals surface area contributed by atoms with Crippen molar-refractivity contribution in [1.82, 2.24) is 0 Å². The van der Waals surface area contributed by atoms with E-state index in [2.05, 4.69) is 13.6 Å². The summed E-state index contributed by atoms with van der Waals surface area (Å²) in [5, 5.41) is 0. The Kier molecular flexibility index (Phi) is 3.38. The predicted molar refractivity (Wildman–Crippen MR) is 94.6 cm³/mol. The monoisotopic (exact) mass is 340 g/mol. The summed E-state index contributed by atoms with van der Waals surface area (Å²) in [7, 11) is 2.41. The fourth-order valence-corrected chi connectivity index (χ4v) is 5.26. The Bertz CT molecular complexity index is 693. The summed E-state index contributed by atoms with van der Waals surface area (Å²) < 4.78 is 12.9. The summed E-state index contributed by atoms with van der Waals surface area (Å²) in [6, 6.07) is 10.6. The van der Waals surface area contributed by atoms with Crippen molar-refractivity contribution in [2.45, 2.75) is 56.1 Å². The van der Waals surface area contributed by atoms with Gasteiger partial charge >= 0.3 is 5.97 Å². The number of hydrogen-bond donors (Lipinski definition) is 0. The van der Waals surface area contributed by atoms with E-state index in [1.54, 1.807) is 0 Å². The van der Waals surface area contributed by atoms with E-state index in [-0.39, 0.29) is 12.1 Å². The van der Waals surface area contributed by atoms with Crippen LogP contribution in [0.1, 0.15) is 31.2 Å². The normalized spacial score (nSPS) is 41.1. The number of likely N-dealkylation sites (N-methyl/N-ethyl adjacent to an activating group) is 1. The van der Waals surface area contributed by atoms with E-state index in [4.69, 9.17) is 9.47 Å². The van der Waals surface area contributed by atoms with Gasteiger partial charge in [0.1, 0.15) is 30.4 Å². The Morgan fingerprint density at radius 1 is 1.20 bits per heavy atom. The minimum Gasteiger partial charge on any atom is -0.458 e. The molecule has 3 aliphatic heterocycles. The van der Waals surface area contributed by atoms with E-state index >= 15 is 0 Å². The van der Waals surface area contributed by atoms with Gasteiger partial charge in [0.05, 0.1) is 19.2 Å². The smallest absolute Gasteiger partial charge is 0.338 e. The van der Waals surface area contributed by atoms with Gasteiger partial charge < -0.3 is 14.0 Å². The lowest BCUT2D eigenvalue weighted by Gasteiger charge is -2.48. The minimum absolute atomic E-state index is 0.00441. The van der Waals surface area contributed by atoms with E-state index in [0.717, 1.165) is 28.8 Å². The van der Waals surface area contributed by atoms with Crippen LogP contribution in [0.15, 0.2) is 36.9 Å². The van der Waals surface area contributed by atoms with Crippen LogP contribution in [-0.4, -0.2) is 54.4 Å². The number of esters is 1. The molecule has 2 bridgehead atoms. The highest BCUT2D eigenvalue weighted by molar-refractivity contribution is 6.15. The van der Waals surface area contributed by atoms with Crippen molar-refractivity contribution in [3.05, 3.63) is 42.5 Å². The number of hydrogen-bond acceptors (Lipinski definition) is 3. The second-order valence-electron chi connectivity index (χ2n) is 8.52. The molecule has 3 saturated heterocycles. The zero-order valence-electron chi connectivity index (χ0n) is 14.8. The molecule has 0 amide bonds. The summed E-state index contributed by atoms with van der Waals surface area (Å²) in [5.41, 5.74) is 1.29. The molecule has 2 unspecified atom stereocenters. The van der Waals surface area contributed by atoms with Gasteiger partial charge in [0.25, 0.3) is 0 Å². The molecule has 0 radical (unpaired) electrons. The number of nitrogens with zero attached hydrogens (tertiary/aromatic N) is 1. The molecule has 6 atom stereocenters. The Balaban J connectivity index is 1.27. The van der Waals surface area contributed by atoms with Crippen LogP contribution in [-0.2, 0) is 14.3 Å². The number of quaternary nitrogens is 1. The molecule has 1 aromatic carbocycles. The molecule has 1 aliphatic carbocycles. The highest BCUT2D eigenvalue weighted by atomic mass is 16.6. The van der Waals surface area contributed by atoms with Crippen LogP contribution in [0.3, 0.4) is 0 Å². The topological polar surface area (TPSA) is 38.8 Å². The summed E-state index contributed by atoms with van der Waals surface area (Å²) >= 11 is 0. The fraction of sp³-hybridized carbons (Fsp3) is 0.571. The zero-order valence-corrected chi connectivity index (χ0v) is 14.8. The molecule has 1 saturated carbocycles. The number of benzene rings is 1. The van der Waals surface area contributed by atoms with Crippen LogP contribution >= 0.6 is 0 Å². The fourth-order valence-electron chi connectivity index (χ4n) is 5.26. The van der Waals surface area contributed by atoms with Gasteiger partial charge in [-0.15, -0.1) is 0 Å². The first-order chi connectivity index (χ1) is 12.1. The number of epoxide rings is 1. The summed E-state index contributed by atoms with van der Waals surface area (Å²) in [5.74, 6) is 0.632. The van der Waals surface area contributed by atoms with E-state index in [1.807, 2.05) is 30.3 Å². The molecule has 0 N–H and O–H groups in total. The first-order valence-corrected chi connectivity index (χ1v) is 9.52. The summed E-state index contributed by atoms with van der Waals surface area (Å²) in [4.78, 5) is 12.5. The van der Waals surface area contributed by atoms with Gasteiger partial charge in [-0.2, -0.15) is 0 Å². The molecule has 0 spiro atoms. The van der Waals surface area contributed by atoms with Crippen LogP contribution in [0.4, 0.5) is 0 Å². The van der Waals surface area contributed by atoms with E-state index in [1.165, 1.54) is 19.4 Å². The summed E-state index contributed by atoms with van der Waals surface area (Å²) in [6.07, 6.45) is 5.43. The van der Waals surface area contributed by atoms with Crippen molar-refractivity contribution in [1.29, 1.82) is 0 Å². The highest BCUT2D eigenvalue weighted by Crippen LogP contribution is 2.54. The predicted octanol–water partition coefficient (Wildman–Crippen LogP) is 2.78. The SMILES string of the molecule is C=C(C(=O)OC1C[C@@H]2[C@H]3O[C@H]3[C@H](C1)[N+]2(C)CC1CC1)c1ccccc1. The minimum atomic E-state index is -0.275. The Morgan fingerprint density at radius 3 is 2.44 bits per heavy atom. The summed E-state index contributed by atoms with van der Waals surface area (Å²) in [6.45, 7) is 5.22. The number of rotatable bonds is 5. The van der Waals surface area contributed by atoms with Gasteiger partial charge in [-0.1, -0.05) is 36.9 Å². The lowest BCUT2D eigenvalue weighted by atomic mass is 9.94. The molecule has 4 heteroatoms. The van der Waals surface area contributed by atoms with Crippen molar-refractivity contribution in [2.75, 3.05) is 13.6 Å². The third-order valence-electron chi connectivity index (χ3n) is 6.83. The maximum atomic E-state index is 12.5. The average Bonchev–Trinajstić information content (AvgIpc) is 3.49. The number of piperidine rings is 1. The lowest BCUT2D eigenvalue weighted by molar-refractivity contribution is -0.957. The third kappa shape index (κ3) is 2.54. The molecule has 4 aliphatic rings. The van der Waals surface area contributed by atoms with Gasteiger partial charge in [-0.3, -0.25) is 0 Å². The van der Waals surface area contributed by atoms with Crippen LogP contribution in [0.25, 0.3) is 5.57 Å². The number of carbonyl (C=O) groups excluding carboxylic acids is 1. The van der Waals surface area contributed by atoms with E-state index in [9.17, 15) is 4.79 Å². The molecule has 5 rings (SSSR count). The average molecular weight is 340 g/mol. The largest absolute Gasteiger partial charge is 0.458 e. The molecule has 3 heterocycles. The van der Waals surface area contributed by atoms with Crippen LogP contribution in [0.5, 0.6) is 0 Å². The van der Waals surface area contributed by atoms with Crippen molar-refractivity contribution < 1.29 is 18.8 Å². The van der Waals surface area contributed by atoms with Crippen molar-refractivity contribution in [3.8, 4) is 0 Å². The number of fused-ring (bicyclic) bond motifs is 5. The molecule has 4 nitrogen and oxygen atoms in total. The van der Waals surface area contributed by atoms with Crippen molar-refractivity contribution in [3.63, 3.8) is 0 Å². The third-order valence-corrected chi connectivity index (χ3v) is 6.83. The van der Waals surface area contributed by atoms with Crippen molar-refractivity contribution in [2.24, 2.45) is 5.92 Å². The van der Waals surface area contributed by atoms with Crippen LogP contribution in [0.2, 0.25) is 0 Å². The Hall–Kier alpha value is -1.65. The first-order valence-electron chi connectivity index (χ1n) is 9.52. The molecular weight excluding hydrogens is 314 g/mol. The molecule has 1 aromatic rings. The number of carbonyl (C=O) groups is 1. The van der Waals surface area contributed by atoms with Gasteiger partial charge in [-0.25, -0.2) is 4.79 Å². The van der Waals surface area contributed by atoms with E-state index < -0.39 is 0 Å². The van der Waals surface area contributed by atoms with Gasteiger partial charge in [-0.05, 0) is 18.4 Å². The second-order valence-corrected chi connectivity index (χ2v) is 8.52. The van der Waals surface area contributed by atoms with Gasteiger partial charge in [0.2, 0.25) is 0 Å². The molecule has 0 aromatic heterocycles. The standard InChI is InChI=1S/C21H26NO3/c1-13(15-6-4-3-5-7-15)21(23)24-16-10-17-19-20(25-19)18(11-16)22(17,2)12-14-8-9-14/h3-7,14,16-20H,1,8-12H2,2H3/q+1/t16?,17-,18+,19-,20+,22?. The quantitative estimate of drug-likeness (QED) is 0.358. The zero-order chi connectivity index (χ0) is 17.2. The maximum Gasteiger partial charge on any atom is 0.338 e. The second kappa shape index (κ2) is 5.42. The maximum absolute atomic E-state index is 12.5. The Morgan fingerprint density at radius 2 is 1.84 bits per heavy atom. The number of ether oxygens (including phenoxy) is 2. The molecule has 132 valence electrons. The Labute approximate surface area is 149 Å². The highest BCUT2D eigenvalue weighted by Gasteiger charge is 2.72. The lowest BCUT2D eigenvalue weighted by Crippen LogP contribution is -2.63. The van der Waals surface area contributed by atoms with Gasteiger partial charge in [0.15, 0.2) is 0 Å². The molecule has 4 fully saturated rings. The number of morpholine rings is 1. The van der Waals surface area contributed by atoms with Crippen LogP contribution in [0, 0.1) is 5.92 Å². The van der Waals surface area contributed by atoms with Crippen molar-refractivity contribution >= 4 is 11.5 Å². The molecular formula is C21H26NO3+. The van der Waals surface area contributed by atoms with E-state index in [0.29, 0.717) is 29.9 Å². The van der Waals surface area contributed by atoms with Gasteiger partial charge in [0, 0.05) is 18.8 Å². The molecule has 25 heavy (non-hydrogen) atoms.